The van der Waals surface area contributed by atoms with Crippen LogP contribution in [-0.2, 0) is 9.53 Å². The van der Waals surface area contributed by atoms with Gasteiger partial charge in [0.1, 0.15) is 5.60 Å². The number of hydrogen-bond donors (Lipinski definition) is 2. The van der Waals surface area contributed by atoms with Crippen LogP contribution in [0.5, 0.6) is 0 Å². The fraction of sp³-hybridized carbons (Fsp3) is 0.400. The number of nitrogens with zero attached hydrogens (tertiary/aromatic N) is 3. The molecule has 0 unspecified atom stereocenters. The van der Waals surface area contributed by atoms with Crippen molar-refractivity contribution >= 4 is 17.7 Å². The van der Waals surface area contributed by atoms with E-state index in [4.69, 9.17) is 4.74 Å². The molecule has 2 aromatic rings. The van der Waals surface area contributed by atoms with Gasteiger partial charge in [-0.05, 0) is 39.3 Å². The SMILES string of the molecule is CC(C)(C)OC(=O)N[C@H]1CC=CCC(=O)Nc2cnn(C(F)F)c2-c2ccnc1c2. The number of nitrogens with one attached hydrogen (secondary N) is 2. The first-order valence-corrected chi connectivity index (χ1v) is 9.40. The van der Waals surface area contributed by atoms with Gasteiger partial charge in [0.15, 0.2) is 0 Å². The lowest BCUT2D eigenvalue weighted by atomic mass is 10.0. The molecule has 160 valence electrons. The monoisotopic (exact) mass is 419 g/mol. The van der Waals surface area contributed by atoms with E-state index in [-0.39, 0.29) is 23.7 Å². The molecule has 30 heavy (non-hydrogen) atoms. The number of halogens is 2. The molecule has 0 spiro atoms. The van der Waals surface area contributed by atoms with Crippen molar-refractivity contribution in [2.24, 2.45) is 0 Å². The van der Waals surface area contributed by atoms with Gasteiger partial charge in [0.25, 0.3) is 0 Å². The van der Waals surface area contributed by atoms with Gasteiger partial charge in [-0.2, -0.15) is 13.9 Å². The fourth-order valence-electron chi connectivity index (χ4n) is 3.00. The number of aromatic nitrogens is 3. The third-order valence-corrected chi connectivity index (χ3v) is 4.20. The van der Waals surface area contributed by atoms with Gasteiger partial charge in [-0.1, -0.05) is 12.2 Å². The van der Waals surface area contributed by atoms with E-state index in [0.717, 1.165) is 0 Å². The van der Waals surface area contributed by atoms with E-state index >= 15 is 0 Å². The minimum absolute atomic E-state index is 0.0415. The number of rotatable bonds is 2. The van der Waals surface area contributed by atoms with Gasteiger partial charge < -0.3 is 15.4 Å². The van der Waals surface area contributed by atoms with Crippen molar-refractivity contribution in [3.05, 3.63) is 42.4 Å². The topological polar surface area (TPSA) is 98.1 Å². The minimum atomic E-state index is -2.90. The van der Waals surface area contributed by atoms with Crippen molar-refractivity contribution in [1.82, 2.24) is 20.1 Å². The van der Waals surface area contributed by atoms with Crippen molar-refractivity contribution in [2.45, 2.75) is 51.8 Å². The van der Waals surface area contributed by atoms with Crippen molar-refractivity contribution in [3.63, 3.8) is 0 Å². The summed E-state index contributed by atoms with van der Waals surface area (Å²) in [4.78, 5) is 28.8. The summed E-state index contributed by atoms with van der Waals surface area (Å²) in [7, 11) is 0. The van der Waals surface area contributed by atoms with Crippen LogP contribution in [0.3, 0.4) is 0 Å². The van der Waals surface area contributed by atoms with E-state index in [0.29, 0.717) is 22.4 Å². The van der Waals surface area contributed by atoms with Crippen LogP contribution in [0.1, 0.15) is 51.9 Å². The maximum Gasteiger partial charge on any atom is 0.408 e. The van der Waals surface area contributed by atoms with E-state index in [1.165, 1.54) is 12.4 Å². The summed E-state index contributed by atoms with van der Waals surface area (Å²) < 4.78 is 32.8. The van der Waals surface area contributed by atoms with Gasteiger partial charge in [-0.15, -0.1) is 0 Å². The zero-order valence-electron chi connectivity index (χ0n) is 16.9. The molecule has 0 radical (unpaired) electrons. The Morgan fingerprint density at radius 1 is 1.37 bits per heavy atom. The molecule has 2 bridgehead atoms. The highest BCUT2D eigenvalue weighted by Gasteiger charge is 2.24. The van der Waals surface area contributed by atoms with Crippen LogP contribution in [0, 0.1) is 0 Å². The molecular formula is C20H23F2N5O3. The molecule has 3 rings (SSSR count). The zero-order chi connectivity index (χ0) is 21.9. The molecule has 8 nitrogen and oxygen atoms in total. The highest BCUT2D eigenvalue weighted by Crippen LogP contribution is 2.33. The van der Waals surface area contributed by atoms with Crippen LogP contribution in [0.25, 0.3) is 11.3 Å². The fourth-order valence-corrected chi connectivity index (χ4v) is 3.00. The summed E-state index contributed by atoms with van der Waals surface area (Å²) in [6.45, 7) is 2.35. The molecule has 0 saturated carbocycles. The zero-order valence-corrected chi connectivity index (χ0v) is 16.9. The van der Waals surface area contributed by atoms with Gasteiger partial charge in [0.05, 0.1) is 29.3 Å². The number of fused-ring (bicyclic) bond motifs is 4. The third kappa shape index (κ3) is 5.19. The Balaban J connectivity index is 2.03. The number of ether oxygens (including phenoxy) is 1. The van der Waals surface area contributed by atoms with E-state index in [9.17, 15) is 18.4 Å². The summed E-state index contributed by atoms with van der Waals surface area (Å²) in [6.07, 6.45) is 5.78. The number of alkyl halides is 2. The Morgan fingerprint density at radius 3 is 2.83 bits per heavy atom. The van der Waals surface area contributed by atoms with Gasteiger partial charge in [0, 0.05) is 18.2 Å². The minimum Gasteiger partial charge on any atom is -0.444 e. The maximum atomic E-state index is 13.5. The lowest BCUT2D eigenvalue weighted by Gasteiger charge is -2.23. The number of alkyl carbamates (subject to hydrolysis) is 1. The summed E-state index contributed by atoms with van der Waals surface area (Å²) in [5, 5.41) is 9.08. The van der Waals surface area contributed by atoms with Gasteiger partial charge >= 0.3 is 12.6 Å². The quantitative estimate of drug-likeness (QED) is 0.711. The maximum absolute atomic E-state index is 13.5. The average molecular weight is 419 g/mol. The molecule has 2 N–H and O–H groups in total. The van der Waals surface area contributed by atoms with Crippen LogP contribution in [0.15, 0.2) is 36.7 Å². The highest BCUT2D eigenvalue weighted by molar-refractivity contribution is 5.95. The van der Waals surface area contributed by atoms with E-state index in [1.807, 2.05) is 0 Å². The number of amides is 2. The molecule has 1 aliphatic heterocycles. The first-order chi connectivity index (χ1) is 14.1. The van der Waals surface area contributed by atoms with Crippen LogP contribution in [0.4, 0.5) is 19.3 Å². The Bertz CT molecular complexity index is 966. The molecule has 0 fully saturated rings. The second-order valence-electron chi connectivity index (χ2n) is 7.76. The molecule has 0 aliphatic carbocycles. The normalized spacial score (nSPS) is 16.9. The summed E-state index contributed by atoms with van der Waals surface area (Å²) >= 11 is 0. The Kier molecular flexibility index (Phi) is 6.14. The summed E-state index contributed by atoms with van der Waals surface area (Å²) in [5.74, 6) is -0.368. The van der Waals surface area contributed by atoms with Crippen LogP contribution >= 0.6 is 0 Å². The van der Waals surface area contributed by atoms with Crippen LogP contribution in [0.2, 0.25) is 0 Å². The number of anilines is 1. The molecule has 2 aromatic heterocycles. The molecule has 3 heterocycles. The van der Waals surface area contributed by atoms with Gasteiger partial charge in [-0.3, -0.25) is 9.78 Å². The summed E-state index contributed by atoms with van der Waals surface area (Å²) in [5.41, 5.74) is 0.388. The lowest BCUT2D eigenvalue weighted by Crippen LogP contribution is -2.35. The number of hydrogen-bond acceptors (Lipinski definition) is 5. The molecule has 1 aliphatic rings. The molecule has 1 atom stereocenters. The number of carbonyl (C=O) groups excluding carboxylic acids is 2. The molecule has 2 amide bonds. The average Bonchev–Trinajstić information content (AvgIpc) is 3.06. The predicted molar refractivity (Wildman–Crippen MR) is 106 cm³/mol. The molecular weight excluding hydrogens is 396 g/mol. The smallest absolute Gasteiger partial charge is 0.408 e. The van der Waals surface area contributed by atoms with Crippen LogP contribution < -0.4 is 10.6 Å². The highest BCUT2D eigenvalue weighted by atomic mass is 19.3. The second kappa shape index (κ2) is 8.60. The van der Waals surface area contributed by atoms with E-state index in [1.54, 1.807) is 45.1 Å². The number of pyridine rings is 1. The molecule has 10 heteroatoms. The largest absolute Gasteiger partial charge is 0.444 e. The first-order valence-electron chi connectivity index (χ1n) is 9.40. The van der Waals surface area contributed by atoms with Crippen molar-refractivity contribution in [3.8, 4) is 11.3 Å². The van der Waals surface area contributed by atoms with Gasteiger partial charge in [0.2, 0.25) is 5.91 Å². The Hall–Kier alpha value is -3.30. The van der Waals surface area contributed by atoms with Crippen molar-refractivity contribution in [2.75, 3.05) is 5.32 Å². The van der Waals surface area contributed by atoms with Crippen molar-refractivity contribution in [1.29, 1.82) is 0 Å². The van der Waals surface area contributed by atoms with E-state index in [2.05, 4.69) is 20.7 Å². The third-order valence-electron chi connectivity index (χ3n) is 4.20. The van der Waals surface area contributed by atoms with Crippen molar-refractivity contribution < 1.29 is 23.1 Å². The first kappa shape index (κ1) is 21.4. The molecule has 0 saturated heterocycles. The number of carbonyl (C=O) groups is 2. The predicted octanol–water partition coefficient (Wildman–Crippen LogP) is 4.19. The van der Waals surface area contributed by atoms with Crippen LogP contribution in [-0.4, -0.2) is 32.4 Å². The summed E-state index contributed by atoms with van der Waals surface area (Å²) in [6, 6.07) is 2.55. The van der Waals surface area contributed by atoms with Gasteiger partial charge in [-0.25, -0.2) is 9.48 Å². The second-order valence-corrected chi connectivity index (χ2v) is 7.76. The van der Waals surface area contributed by atoms with E-state index < -0.39 is 24.3 Å². The standard InChI is InChI=1S/C20H23F2N5O3/c1-20(2,3)30-19(29)26-13-6-4-5-7-16(28)25-15-11-24-27(18(21)22)17(15)12-8-9-23-14(13)10-12/h4-5,8-11,13,18H,6-7H2,1-3H3,(H,25,28)(H,26,29)/t13-/m0/s1. The molecule has 0 aromatic carbocycles. The Morgan fingerprint density at radius 2 is 2.13 bits per heavy atom. The Labute approximate surface area is 172 Å². The lowest BCUT2D eigenvalue weighted by molar-refractivity contribution is -0.115.